The Morgan fingerprint density at radius 3 is 2.56 bits per heavy atom. The summed E-state index contributed by atoms with van der Waals surface area (Å²) in [6, 6.07) is 7.42. The number of hydrogen-bond acceptors (Lipinski definition) is 6. The molecule has 2 N–H and O–H groups in total. The zero-order valence-electron chi connectivity index (χ0n) is 20.4. The van der Waals surface area contributed by atoms with E-state index in [0.717, 1.165) is 23.3 Å². The van der Waals surface area contributed by atoms with Crippen molar-refractivity contribution in [1.29, 1.82) is 0 Å². The van der Waals surface area contributed by atoms with Gasteiger partial charge in [0.1, 0.15) is 23.6 Å². The Labute approximate surface area is 200 Å². The molecule has 6 heteroatoms. The van der Waals surface area contributed by atoms with E-state index < -0.39 is 29.5 Å². The number of ketones is 1. The second-order valence-electron chi connectivity index (χ2n) is 11.6. The summed E-state index contributed by atoms with van der Waals surface area (Å²) < 4.78 is 17.8. The van der Waals surface area contributed by atoms with Gasteiger partial charge in [-0.1, -0.05) is 45.1 Å². The highest BCUT2D eigenvalue weighted by Gasteiger charge is 2.76. The molecule has 1 aromatic rings. The Hall–Kier alpha value is -1.99. The average molecular weight is 467 g/mol. The molecule has 182 valence electrons. The van der Waals surface area contributed by atoms with Crippen molar-refractivity contribution < 1.29 is 29.2 Å². The minimum absolute atomic E-state index is 0.0166. The highest BCUT2D eigenvalue weighted by molar-refractivity contribution is 5.95. The highest BCUT2D eigenvalue weighted by atomic mass is 16.7. The molecule has 2 saturated carbocycles. The molecule has 5 aliphatic rings. The lowest BCUT2D eigenvalue weighted by Gasteiger charge is -2.51. The zero-order chi connectivity index (χ0) is 24.2. The number of Topliss-reactive ketones (excluding diaryl/α,β-unsaturated/α-hetero) is 1. The number of rotatable bonds is 2. The third kappa shape index (κ3) is 2.58. The van der Waals surface area contributed by atoms with Gasteiger partial charge < -0.3 is 24.4 Å². The van der Waals surface area contributed by atoms with Crippen LogP contribution in [0.2, 0.25) is 0 Å². The normalized spacial score (nSPS) is 46.2. The van der Waals surface area contributed by atoms with E-state index in [4.69, 9.17) is 14.2 Å². The number of carbonyl (C=O) groups excluding carboxylic acids is 1. The van der Waals surface area contributed by atoms with Crippen LogP contribution in [0.3, 0.4) is 0 Å². The molecule has 3 fully saturated rings. The van der Waals surface area contributed by atoms with Crippen molar-refractivity contribution in [2.75, 3.05) is 13.7 Å². The van der Waals surface area contributed by atoms with Crippen LogP contribution in [0.4, 0.5) is 0 Å². The number of benzene rings is 1. The summed E-state index contributed by atoms with van der Waals surface area (Å²) in [5.41, 5.74) is -0.733. The predicted octanol–water partition coefficient (Wildman–Crippen LogP) is 3.58. The predicted molar refractivity (Wildman–Crippen MR) is 125 cm³/mol. The van der Waals surface area contributed by atoms with E-state index in [0.29, 0.717) is 11.5 Å². The van der Waals surface area contributed by atoms with Crippen molar-refractivity contribution in [2.24, 2.45) is 34.5 Å². The Balaban J connectivity index is 1.48. The van der Waals surface area contributed by atoms with Crippen LogP contribution < -0.4 is 4.74 Å². The lowest BCUT2D eigenvalue weighted by molar-refractivity contribution is -0.267. The maximum Gasteiger partial charge on any atom is 0.185 e. The van der Waals surface area contributed by atoms with Gasteiger partial charge in [0.2, 0.25) is 0 Å². The van der Waals surface area contributed by atoms with Crippen molar-refractivity contribution >= 4 is 5.78 Å². The SMILES string of the molecule is COc1ccc(C2OCC3=CC4C(=O)C5(C=C(C)[C@H](O)[C@@]5(O)[C@@H]3O2)[C@H](C)C[C@@H]2[C@H]4C2(C)C)cc1. The number of allylic oxidation sites excluding steroid dienone is 1. The first kappa shape index (κ1) is 22.5. The molecular weight excluding hydrogens is 432 g/mol. The van der Waals surface area contributed by atoms with Crippen LogP contribution in [0.1, 0.15) is 46.0 Å². The van der Waals surface area contributed by atoms with Gasteiger partial charge in [0, 0.05) is 11.5 Å². The minimum Gasteiger partial charge on any atom is -0.497 e. The van der Waals surface area contributed by atoms with E-state index in [1.165, 1.54) is 0 Å². The number of hydrogen-bond donors (Lipinski definition) is 2. The molecule has 1 heterocycles. The van der Waals surface area contributed by atoms with Crippen LogP contribution in [0.15, 0.2) is 47.6 Å². The van der Waals surface area contributed by atoms with Gasteiger partial charge in [-0.25, -0.2) is 0 Å². The highest BCUT2D eigenvalue weighted by Crippen LogP contribution is 2.72. The molecule has 34 heavy (non-hydrogen) atoms. The fourth-order valence-corrected chi connectivity index (χ4v) is 7.86. The van der Waals surface area contributed by atoms with Crippen molar-refractivity contribution in [1.82, 2.24) is 0 Å². The topological polar surface area (TPSA) is 85.2 Å². The maximum absolute atomic E-state index is 14.4. The summed E-state index contributed by atoms with van der Waals surface area (Å²) in [5, 5.41) is 23.9. The first-order valence-electron chi connectivity index (χ1n) is 12.3. The zero-order valence-corrected chi connectivity index (χ0v) is 20.4. The molecule has 1 aromatic carbocycles. The van der Waals surface area contributed by atoms with Gasteiger partial charge in [0.25, 0.3) is 0 Å². The van der Waals surface area contributed by atoms with Gasteiger partial charge in [-0.3, -0.25) is 4.79 Å². The summed E-state index contributed by atoms with van der Waals surface area (Å²) in [7, 11) is 1.61. The second kappa shape index (κ2) is 7.03. The van der Waals surface area contributed by atoms with Crippen LogP contribution >= 0.6 is 0 Å². The van der Waals surface area contributed by atoms with Crippen molar-refractivity contribution in [3.8, 4) is 5.75 Å². The van der Waals surface area contributed by atoms with E-state index in [-0.39, 0.29) is 35.6 Å². The quantitative estimate of drug-likeness (QED) is 0.648. The molecule has 4 aliphatic carbocycles. The molecule has 6 rings (SSSR count). The maximum atomic E-state index is 14.4. The smallest absolute Gasteiger partial charge is 0.185 e. The monoisotopic (exact) mass is 466 g/mol. The number of aliphatic hydroxyl groups excluding tert-OH is 1. The Morgan fingerprint density at radius 1 is 1.18 bits per heavy atom. The van der Waals surface area contributed by atoms with E-state index in [1.54, 1.807) is 14.0 Å². The molecule has 2 bridgehead atoms. The molecule has 0 amide bonds. The van der Waals surface area contributed by atoms with Crippen LogP contribution in [0.25, 0.3) is 0 Å². The molecule has 0 radical (unpaired) electrons. The van der Waals surface area contributed by atoms with Crippen molar-refractivity contribution in [3.05, 3.63) is 53.1 Å². The van der Waals surface area contributed by atoms with E-state index in [2.05, 4.69) is 20.8 Å². The number of aliphatic hydroxyl groups is 2. The van der Waals surface area contributed by atoms with Crippen molar-refractivity contribution in [3.63, 3.8) is 0 Å². The number of fused-ring (bicyclic) bond motifs is 5. The Bertz CT molecular complexity index is 1100. The van der Waals surface area contributed by atoms with Gasteiger partial charge in [0.05, 0.1) is 19.1 Å². The molecule has 1 saturated heterocycles. The van der Waals surface area contributed by atoms with Gasteiger partial charge in [-0.15, -0.1) is 0 Å². The third-order valence-electron chi connectivity index (χ3n) is 9.77. The summed E-state index contributed by atoms with van der Waals surface area (Å²) in [4.78, 5) is 14.4. The van der Waals surface area contributed by atoms with Gasteiger partial charge in [-0.05, 0) is 59.8 Å². The van der Waals surface area contributed by atoms with E-state index in [1.807, 2.05) is 36.4 Å². The van der Waals surface area contributed by atoms with Gasteiger partial charge in [-0.2, -0.15) is 0 Å². The Kier molecular flexibility index (Phi) is 4.65. The Morgan fingerprint density at radius 2 is 1.88 bits per heavy atom. The summed E-state index contributed by atoms with van der Waals surface area (Å²) in [6.45, 7) is 8.59. The molecule has 0 aromatic heterocycles. The average Bonchev–Trinajstić information content (AvgIpc) is 3.33. The van der Waals surface area contributed by atoms with E-state index in [9.17, 15) is 15.0 Å². The van der Waals surface area contributed by atoms with E-state index >= 15 is 0 Å². The number of ether oxygens (including phenoxy) is 3. The van der Waals surface area contributed by atoms with Crippen LogP contribution in [-0.2, 0) is 14.3 Å². The largest absolute Gasteiger partial charge is 0.497 e. The summed E-state index contributed by atoms with van der Waals surface area (Å²) in [5.74, 6) is 0.929. The number of carbonyl (C=O) groups is 1. The lowest BCUT2D eigenvalue weighted by Crippen LogP contribution is -2.66. The number of methoxy groups -OCH3 is 1. The minimum atomic E-state index is -1.79. The molecule has 1 aliphatic heterocycles. The molecule has 3 unspecified atom stereocenters. The fourth-order valence-electron chi connectivity index (χ4n) is 7.86. The first-order valence-corrected chi connectivity index (χ1v) is 12.3. The van der Waals surface area contributed by atoms with Crippen LogP contribution in [0.5, 0.6) is 5.75 Å². The summed E-state index contributed by atoms with van der Waals surface area (Å²) >= 11 is 0. The fraction of sp³-hybridized carbons (Fsp3) is 0.607. The van der Waals surface area contributed by atoms with Crippen LogP contribution in [-0.4, -0.2) is 47.5 Å². The lowest BCUT2D eigenvalue weighted by atomic mass is 9.59. The molecular formula is C28H34O6. The first-order chi connectivity index (χ1) is 16.1. The second-order valence-corrected chi connectivity index (χ2v) is 11.6. The molecule has 9 atom stereocenters. The molecule has 1 spiro atoms. The molecule has 6 nitrogen and oxygen atoms in total. The standard InChI is InChI=1S/C28H34O6/c1-14-12-27-15(2)10-20-21(26(20,3)4)19(23(27)30)11-17-13-33-25(16-6-8-18(32-5)9-7-16)34-24(17)28(27,31)22(14)29/h6-9,11-12,15,19-22,24-25,29,31H,10,13H2,1-5H3/t15-,19?,20-,21+,22+,24-,25?,27?,28-/m1/s1. The van der Waals surface area contributed by atoms with Gasteiger partial charge in [0.15, 0.2) is 12.1 Å². The van der Waals surface area contributed by atoms with Gasteiger partial charge >= 0.3 is 0 Å². The van der Waals surface area contributed by atoms with Crippen LogP contribution in [0, 0.1) is 34.5 Å². The van der Waals surface area contributed by atoms with Crippen molar-refractivity contribution in [2.45, 2.75) is 58.2 Å². The third-order valence-corrected chi connectivity index (χ3v) is 9.77. The summed E-state index contributed by atoms with van der Waals surface area (Å²) in [6.07, 6.45) is 1.95.